The highest BCUT2D eigenvalue weighted by Gasteiger charge is 2.30. The third-order valence-electron chi connectivity index (χ3n) is 4.37. The molecule has 4 heteroatoms. The van der Waals surface area contributed by atoms with Crippen LogP contribution in [0.5, 0.6) is 0 Å². The van der Waals surface area contributed by atoms with E-state index in [1.165, 1.54) is 5.56 Å². The topological polar surface area (TPSA) is 66.8 Å². The van der Waals surface area contributed by atoms with Gasteiger partial charge in [-0.25, -0.2) is 0 Å². The molecule has 2 N–H and O–H groups in total. The third-order valence-corrected chi connectivity index (χ3v) is 4.37. The van der Waals surface area contributed by atoms with Crippen LogP contribution in [0.4, 0.5) is 0 Å². The van der Waals surface area contributed by atoms with Crippen LogP contribution in [0.25, 0.3) is 0 Å². The number of hydrogen-bond acceptors (Lipinski definition) is 4. The Bertz CT molecular complexity index is 499. The van der Waals surface area contributed by atoms with Crippen molar-refractivity contribution in [3.05, 3.63) is 35.4 Å². The Morgan fingerprint density at radius 1 is 1.09 bits per heavy atom. The number of rotatable bonds is 5. The number of ether oxygens (including phenoxy) is 1. The van der Waals surface area contributed by atoms with Crippen molar-refractivity contribution in [1.82, 2.24) is 0 Å². The lowest BCUT2D eigenvalue weighted by molar-refractivity contribution is -0.156. The predicted octanol–water partition coefficient (Wildman–Crippen LogP) is 2.81. The first-order valence-electron chi connectivity index (χ1n) is 8.50. The Hall–Kier alpha value is -1.39. The molecular weight excluding hydrogens is 292 g/mol. The van der Waals surface area contributed by atoms with Crippen LogP contribution in [-0.2, 0) is 16.0 Å². The summed E-state index contributed by atoms with van der Waals surface area (Å²) in [6.07, 6.45) is 0.608. The summed E-state index contributed by atoms with van der Waals surface area (Å²) < 4.78 is 5.48. The van der Waals surface area contributed by atoms with Crippen LogP contribution in [-0.4, -0.2) is 34.5 Å². The zero-order valence-corrected chi connectivity index (χ0v) is 14.2. The molecule has 4 nitrogen and oxygen atoms in total. The number of hydrogen-bond donors (Lipinski definition) is 2. The highest BCUT2D eigenvalue weighted by molar-refractivity contribution is 5.77. The molecule has 0 heterocycles. The van der Waals surface area contributed by atoms with Crippen LogP contribution in [0.3, 0.4) is 0 Å². The maximum Gasteiger partial charge on any atom is 0.313 e. The SMILES string of the molecule is CC(C)Cc1ccc(C(C)C(=O)OC2C[C@@H](O)C[C@@H](O)C2)cc1. The first kappa shape index (κ1) is 18.0. The molecule has 1 aromatic rings. The van der Waals surface area contributed by atoms with Crippen LogP contribution in [0, 0.1) is 5.92 Å². The highest BCUT2D eigenvalue weighted by atomic mass is 16.5. The second-order valence-corrected chi connectivity index (χ2v) is 7.13. The Kier molecular flexibility index (Phi) is 6.19. The number of benzene rings is 1. The number of carbonyl (C=O) groups is 1. The van der Waals surface area contributed by atoms with E-state index in [9.17, 15) is 15.0 Å². The first-order valence-corrected chi connectivity index (χ1v) is 8.50. The number of aliphatic hydroxyl groups is 2. The van der Waals surface area contributed by atoms with Gasteiger partial charge in [-0.05, 0) is 36.8 Å². The van der Waals surface area contributed by atoms with Crippen LogP contribution in [0.2, 0.25) is 0 Å². The van der Waals surface area contributed by atoms with Gasteiger partial charge in [0, 0.05) is 12.8 Å². The van der Waals surface area contributed by atoms with E-state index in [-0.39, 0.29) is 11.9 Å². The van der Waals surface area contributed by atoms with E-state index in [2.05, 4.69) is 26.0 Å². The van der Waals surface area contributed by atoms with E-state index in [0.29, 0.717) is 25.2 Å². The van der Waals surface area contributed by atoms with Crippen LogP contribution in [0.15, 0.2) is 24.3 Å². The van der Waals surface area contributed by atoms with Crippen LogP contribution >= 0.6 is 0 Å². The molecule has 0 bridgehead atoms. The quantitative estimate of drug-likeness (QED) is 0.819. The molecule has 1 saturated carbocycles. The monoisotopic (exact) mass is 320 g/mol. The molecule has 1 fully saturated rings. The molecular formula is C19H28O4. The van der Waals surface area contributed by atoms with Crippen molar-refractivity contribution in [2.45, 2.75) is 70.7 Å². The fraction of sp³-hybridized carbons (Fsp3) is 0.632. The van der Waals surface area contributed by atoms with E-state index < -0.39 is 18.3 Å². The minimum atomic E-state index is -0.595. The molecule has 1 aliphatic rings. The van der Waals surface area contributed by atoms with Crippen molar-refractivity contribution in [1.29, 1.82) is 0 Å². The molecule has 23 heavy (non-hydrogen) atoms. The van der Waals surface area contributed by atoms with Gasteiger partial charge in [0.2, 0.25) is 0 Å². The second-order valence-electron chi connectivity index (χ2n) is 7.13. The lowest BCUT2D eigenvalue weighted by Crippen LogP contribution is -2.36. The Morgan fingerprint density at radius 2 is 1.65 bits per heavy atom. The van der Waals surface area contributed by atoms with Gasteiger partial charge in [0.25, 0.3) is 0 Å². The molecule has 1 aromatic carbocycles. The van der Waals surface area contributed by atoms with Gasteiger partial charge in [0.1, 0.15) is 6.10 Å². The lowest BCUT2D eigenvalue weighted by atomic mass is 9.92. The van der Waals surface area contributed by atoms with Gasteiger partial charge in [-0.1, -0.05) is 38.1 Å². The average molecular weight is 320 g/mol. The minimum Gasteiger partial charge on any atom is -0.462 e. The summed E-state index contributed by atoms with van der Waals surface area (Å²) in [6.45, 7) is 6.19. The molecule has 0 radical (unpaired) electrons. The molecule has 0 spiro atoms. The van der Waals surface area contributed by atoms with Crippen LogP contribution in [0.1, 0.15) is 57.1 Å². The molecule has 0 aliphatic heterocycles. The summed E-state index contributed by atoms with van der Waals surface area (Å²) in [5, 5.41) is 19.3. The smallest absolute Gasteiger partial charge is 0.313 e. The molecule has 2 rings (SSSR count). The summed E-state index contributed by atoms with van der Waals surface area (Å²) in [4.78, 5) is 12.3. The molecule has 128 valence electrons. The van der Waals surface area contributed by atoms with Crippen LogP contribution < -0.4 is 0 Å². The fourth-order valence-electron chi connectivity index (χ4n) is 3.12. The highest BCUT2D eigenvalue weighted by Crippen LogP contribution is 2.25. The van der Waals surface area contributed by atoms with E-state index in [1.54, 1.807) is 0 Å². The summed E-state index contributed by atoms with van der Waals surface area (Å²) >= 11 is 0. The van der Waals surface area contributed by atoms with Gasteiger partial charge in [0.05, 0.1) is 18.1 Å². The lowest BCUT2D eigenvalue weighted by Gasteiger charge is -2.30. The van der Waals surface area contributed by atoms with Crippen molar-refractivity contribution in [3.63, 3.8) is 0 Å². The average Bonchev–Trinajstić information content (AvgIpc) is 2.45. The van der Waals surface area contributed by atoms with Gasteiger partial charge in [-0.3, -0.25) is 4.79 Å². The Labute approximate surface area is 138 Å². The normalized spacial score (nSPS) is 26.1. The fourth-order valence-corrected chi connectivity index (χ4v) is 3.12. The minimum absolute atomic E-state index is 0.298. The zero-order chi connectivity index (χ0) is 17.0. The summed E-state index contributed by atoms with van der Waals surface area (Å²) in [5.74, 6) is -0.0420. The number of aliphatic hydroxyl groups excluding tert-OH is 2. The maximum absolute atomic E-state index is 12.3. The zero-order valence-electron chi connectivity index (χ0n) is 14.2. The van der Waals surface area contributed by atoms with Crippen molar-refractivity contribution in [3.8, 4) is 0 Å². The van der Waals surface area contributed by atoms with Gasteiger partial charge < -0.3 is 14.9 Å². The van der Waals surface area contributed by atoms with Gasteiger partial charge in [-0.2, -0.15) is 0 Å². The first-order chi connectivity index (χ1) is 10.8. The largest absolute Gasteiger partial charge is 0.462 e. The molecule has 1 aliphatic carbocycles. The van der Waals surface area contributed by atoms with Gasteiger partial charge >= 0.3 is 5.97 Å². The summed E-state index contributed by atoms with van der Waals surface area (Å²) in [6, 6.07) is 8.09. The van der Waals surface area contributed by atoms with E-state index in [1.807, 2.05) is 19.1 Å². The summed E-state index contributed by atoms with van der Waals surface area (Å²) in [5.41, 5.74) is 2.20. The second kappa shape index (κ2) is 7.93. The third kappa shape index (κ3) is 5.33. The number of esters is 1. The van der Waals surface area contributed by atoms with E-state index in [4.69, 9.17) is 4.74 Å². The number of carbonyl (C=O) groups excluding carboxylic acids is 1. The predicted molar refractivity (Wildman–Crippen MR) is 89.1 cm³/mol. The van der Waals surface area contributed by atoms with Crippen molar-refractivity contribution in [2.24, 2.45) is 5.92 Å². The summed E-state index contributed by atoms with van der Waals surface area (Å²) in [7, 11) is 0. The molecule has 0 amide bonds. The Balaban J connectivity index is 1.93. The van der Waals surface area contributed by atoms with Gasteiger partial charge in [0.15, 0.2) is 0 Å². The van der Waals surface area contributed by atoms with Gasteiger partial charge in [-0.15, -0.1) is 0 Å². The molecule has 4 atom stereocenters. The van der Waals surface area contributed by atoms with Crippen molar-refractivity contribution in [2.75, 3.05) is 0 Å². The maximum atomic E-state index is 12.3. The van der Waals surface area contributed by atoms with Crippen molar-refractivity contribution >= 4 is 5.97 Å². The van der Waals surface area contributed by atoms with Crippen molar-refractivity contribution < 1.29 is 19.7 Å². The van der Waals surface area contributed by atoms with E-state index >= 15 is 0 Å². The van der Waals surface area contributed by atoms with E-state index in [0.717, 1.165) is 12.0 Å². The standard InChI is InChI=1S/C19H28O4/c1-12(2)8-14-4-6-15(7-5-14)13(3)19(22)23-18-10-16(20)9-17(21)11-18/h4-7,12-13,16-18,20-21H,8-11H2,1-3H3/t13?,16-,17+,18?. The molecule has 2 unspecified atom stereocenters. The Morgan fingerprint density at radius 3 is 2.17 bits per heavy atom. The molecule has 0 saturated heterocycles. The molecule has 0 aromatic heterocycles.